The lowest BCUT2D eigenvalue weighted by atomic mass is 10.1. The molecule has 0 aliphatic carbocycles. The van der Waals surface area contributed by atoms with Crippen molar-refractivity contribution in [3.8, 4) is 0 Å². The quantitative estimate of drug-likeness (QED) is 0.835. The predicted octanol–water partition coefficient (Wildman–Crippen LogP) is 1.13. The SMILES string of the molecule is COC(=O)c1ccc(CNC(=O)[C@H]2CC(=O)N(C(C)(C)C)C2)cn1. The number of carbonyl (C=O) groups excluding carboxylic acids is 3. The summed E-state index contributed by atoms with van der Waals surface area (Å²) in [6.07, 6.45) is 1.76. The summed E-state index contributed by atoms with van der Waals surface area (Å²) >= 11 is 0. The maximum atomic E-state index is 12.3. The Morgan fingerprint density at radius 2 is 2.08 bits per heavy atom. The third kappa shape index (κ3) is 4.10. The lowest BCUT2D eigenvalue weighted by Crippen LogP contribution is -2.43. The van der Waals surface area contributed by atoms with E-state index in [1.807, 2.05) is 20.8 Å². The highest BCUT2D eigenvalue weighted by molar-refractivity contribution is 5.89. The van der Waals surface area contributed by atoms with E-state index in [0.29, 0.717) is 13.1 Å². The minimum Gasteiger partial charge on any atom is -0.464 e. The Hall–Kier alpha value is -2.44. The van der Waals surface area contributed by atoms with Gasteiger partial charge in [0.25, 0.3) is 0 Å². The van der Waals surface area contributed by atoms with Gasteiger partial charge in [0.2, 0.25) is 11.8 Å². The number of hydrogen-bond acceptors (Lipinski definition) is 5. The molecule has 0 saturated carbocycles. The van der Waals surface area contributed by atoms with Crippen LogP contribution in [0.2, 0.25) is 0 Å². The van der Waals surface area contributed by atoms with Gasteiger partial charge in [-0.3, -0.25) is 9.59 Å². The number of carbonyl (C=O) groups is 3. The van der Waals surface area contributed by atoms with Gasteiger partial charge >= 0.3 is 5.97 Å². The zero-order valence-corrected chi connectivity index (χ0v) is 14.5. The van der Waals surface area contributed by atoms with E-state index in [-0.39, 0.29) is 35.4 Å². The molecule has 130 valence electrons. The molecule has 1 atom stereocenters. The molecule has 0 radical (unpaired) electrons. The number of pyridine rings is 1. The zero-order valence-electron chi connectivity index (χ0n) is 14.5. The van der Waals surface area contributed by atoms with Crippen LogP contribution in [0.4, 0.5) is 0 Å². The predicted molar refractivity (Wildman–Crippen MR) is 87.0 cm³/mol. The van der Waals surface area contributed by atoms with E-state index in [2.05, 4.69) is 15.0 Å². The number of likely N-dealkylation sites (tertiary alicyclic amines) is 1. The van der Waals surface area contributed by atoms with Crippen molar-refractivity contribution in [3.63, 3.8) is 0 Å². The van der Waals surface area contributed by atoms with Crippen molar-refractivity contribution in [2.45, 2.75) is 39.3 Å². The molecule has 1 saturated heterocycles. The monoisotopic (exact) mass is 333 g/mol. The molecule has 0 bridgehead atoms. The number of rotatable bonds is 4. The van der Waals surface area contributed by atoms with Gasteiger partial charge in [0, 0.05) is 31.2 Å². The van der Waals surface area contributed by atoms with Gasteiger partial charge in [-0.1, -0.05) is 6.07 Å². The Bertz CT molecular complexity index is 634. The van der Waals surface area contributed by atoms with Crippen molar-refractivity contribution >= 4 is 17.8 Å². The molecule has 24 heavy (non-hydrogen) atoms. The average Bonchev–Trinajstić information content (AvgIpc) is 2.94. The summed E-state index contributed by atoms with van der Waals surface area (Å²) in [5, 5.41) is 2.82. The topological polar surface area (TPSA) is 88.6 Å². The van der Waals surface area contributed by atoms with Gasteiger partial charge in [-0.25, -0.2) is 9.78 Å². The summed E-state index contributed by atoms with van der Waals surface area (Å²) in [7, 11) is 1.29. The third-order valence-corrected chi connectivity index (χ3v) is 3.99. The van der Waals surface area contributed by atoms with Crippen LogP contribution in [0.3, 0.4) is 0 Å². The molecule has 7 heteroatoms. The zero-order chi connectivity index (χ0) is 17.9. The number of esters is 1. The minimum atomic E-state index is -0.502. The fourth-order valence-corrected chi connectivity index (χ4v) is 2.62. The van der Waals surface area contributed by atoms with Gasteiger partial charge in [0.15, 0.2) is 0 Å². The average molecular weight is 333 g/mol. The summed E-state index contributed by atoms with van der Waals surface area (Å²) in [6, 6.07) is 3.26. The summed E-state index contributed by atoms with van der Waals surface area (Å²) in [5.74, 6) is -0.977. The second-order valence-electron chi connectivity index (χ2n) is 6.84. The van der Waals surface area contributed by atoms with Gasteiger partial charge < -0.3 is 15.0 Å². The van der Waals surface area contributed by atoms with Crippen molar-refractivity contribution in [1.29, 1.82) is 0 Å². The van der Waals surface area contributed by atoms with Crippen LogP contribution in [0.15, 0.2) is 18.3 Å². The number of amides is 2. The number of ether oxygens (including phenoxy) is 1. The van der Waals surface area contributed by atoms with Crippen LogP contribution in [0.1, 0.15) is 43.2 Å². The highest BCUT2D eigenvalue weighted by atomic mass is 16.5. The van der Waals surface area contributed by atoms with Gasteiger partial charge in [0.1, 0.15) is 5.69 Å². The smallest absolute Gasteiger partial charge is 0.356 e. The van der Waals surface area contributed by atoms with Crippen LogP contribution < -0.4 is 5.32 Å². The summed E-state index contributed by atoms with van der Waals surface area (Å²) in [4.78, 5) is 41.4. The second-order valence-corrected chi connectivity index (χ2v) is 6.84. The van der Waals surface area contributed by atoms with Crippen LogP contribution in [-0.4, -0.2) is 46.9 Å². The van der Waals surface area contributed by atoms with Gasteiger partial charge in [-0.2, -0.15) is 0 Å². The van der Waals surface area contributed by atoms with Gasteiger partial charge in [-0.05, 0) is 32.4 Å². The summed E-state index contributed by atoms with van der Waals surface area (Å²) in [6.45, 7) is 6.61. The highest BCUT2D eigenvalue weighted by Crippen LogP contribution is 2.25. The first-order valence-corrected chi connectivity index (χ1v) is 7.84. The summed E-state index contributed by atoms with van der Waals surface area (Å²) in [5.41, 5.74) is 0.711. The van der Waals surface area contributed by atoms with Crippen LogP contribution in [0, 0.1) is 5.92 Å². The van der Waals surface area contributed by atoms with Crippen molar-refractivity contribution in [1.82, 2.24) is 15.2 Å². The number of methoxy groups -OCH3 is 1. The third-order valence-electron chi connectivity index (χ3n) is 3.99. The molecule has 2 heterocycles. The van der Waals surface area contributed by atoms with Crippen LogP contribution in [0.5, 0.6) is 0 Å². The number of nitrogens with one attached hydrogen (secondary N) is 1. The maximum absolute atomic E-state index is 12.3. The van der Waals surface area contributed by atoms with E-state index >= 15 is 0 Å². The normalized spacial score (nSPS) is 17.8. The van der Waals surface area contributed by atoms with Crippen molar-refractivity contribution < 1.29 is 19.1 Å². The molecular formula is C17H23N3O4. The number of aromatic nitrogens is 1. The van der Waals surface area contributed by atoms with E-state index in [1.165, 1.54) is 13.3 Å². The molecule has 1 aliphatic rings. The van der Waals surface area contributed by atoms with Gasteiger partial charge in [-0.15, -0.1) is 0 Å². The van der Waals surface area contributed by atoms with E-state index in [0.717, 1.165) is 5.56 Å². The fourth-order valence-electron chi connectivity index (χ4n) is 2.62. The molecular weight excluding hydrogens is 310 g/mol. The lowest BCUT2D eigenvalue weighted by molar-refractivity contribution is -0.132. The molecule has 0 spiro atoms. The molecule has 2 amide bonds. The number of nitrogens with zero attached hydrogens (tertiary/aromatic N) is 2. The van der Waals surface area contributed by atoms with Crippen molar-refractivity contribution in [3.05, 3.63) is 29.6 Å². The molecule has 0 aromatic carbocycles. The maximum Gasteiger partial charge on any atom is 0.356 e. The highest BCUT2D eigenvalue weighted by Gasteiger charge is 2.39. The molecule has 1 fully saturated rings. The van der Waals surface area contributed by atoms with E-state index in [4.69, 9.17) is 0 Å². The van der Waals surface area contributed by atoms with Crippen LogP contribution in [-0.2, 0) is 20.9 Å². The van der Waals surface area contributed by atoms with Crippen molar-refractivity contribution in [2.75, 3.05) is 13.7 Å². The first kappa shape index (κ1) is 17.9. The van der Waals surface area contributed by atoms with E-state index < -0.39 is 5.97 Å². The van der Waals surface area contributed by atoms with Crippen LogP contribution >= 0.6 is 0 Å². The molecule has 1 N–H and O–H groups in total. The minimum absolute atomic E-state index is 0.00625. The van der Waals surface area contributed by atoms with Crippen molar-refractivity contribution in [2.24, 2.45) is 5.92 Å². The second kappa shape index (κ2) is 6.98. The Morgan fingerprint density at radius 1 is 1.38 bits per heavy atom. The Kier molecular flexibility index (Phi) is 5.21. The Morgan fingerprint density at radius 3 is 2.58 bits per heavy atom. The first-order chi connectivity index (χ1) is 11.2. The molecule has 1 aliphatic heterocycles. The molecule has 1 aromatic rings. The van der Waals surface area contributed by atoms with Gasteiger partial charge in [0.05, 0.1) is 13.0 Å². The molecule has 1 aromatic heterocycles. The standard InChI is InChI=1S/C17H23N3O4/c1-17(2,3)20-10-12(7-14(20)21)15(22)19-9-11-5-6-13(18-8-11)16(23)24-4/h5-6,8,12H,7,9-10H2,1-4H3,(H,19,22)/t12-/m0/s1. The Balaban J connectivity index is 1.90. The molecule has 0 unspecified atom stereocenters. The first-order valence-electron chi connectivity index (χ1n) is 7.84. The van der Waals surface area contributed by atoms with E-state index in [9.17, 15) is 14.4 Å². The molecule has 7 nitrogen and oxygen atoms in total. The lowest BCUT2D eigenvalue weighted by Gasteiger charge is -2.31. The largest absolute Gasteiger partial charge is 0.464 e. The summed E-state index contributed by atoms with van der Waals surface area (Å²) < 4.78 is 4.58. The Labute approximate surface area is 141 Å². The molecule has 2 rings (SSSR count). The van der Waals surface area contributed by atoms with E-state index in [1.54, 1.807) is 17.0 Å². The fraction of sp³-hybridized carbons (Fsp3) is 0.529. The van der Waals surface area contributed by atoms with Crippen LogP contribution in [0.25, 0.3) is 0 Å². The number of hydrogen-bond donors (Lipinski definition) is 1.